The molecule has 0 bridgehead atoms. The highest BCUT2D eigenvalue weighted by atomic mass is 16.2. The lowest BCUT2D eigenvalue weighted by Crippen LogP contribution is -2.24. The van der Waals surface area contributed by atoms with Crippen LogP contribution in [-0.2, 0) is 6.54 Å². The highest BCUT2D eigenvalue weighted by Gasteiger charge is 2.31. The molecule has 0 unspecified atom stereocenters. The molecule has 0 aliphatic carbocycles. The summed E-state index contributed by atoms with van der Waals surface area (Å²) in [5.41, 5.74) is 2.31. The zero-order chi connectivity index (χ0) is 13.5. The largest absolute Gasteiger partial charge is 0.270 e. The Hall–Kier alpha value is -2.82. The minimum absolute atomic E-state index is 0.0931. The number of pyridine rings is 1. The topological polar surface area (TPSA) is 59.0 Å². The smallest absolute Gasteiger partial charge is 0.262 e. The SMILES string of the molecule is O=C1c2cc3ccccc3nc2CN1c1ncccn1. The second kappa shape index (κ2) is 4.09. The van der Waals surface area contributed by atoms with E-state index in [1.165, 1.54) is 0 Å². The van der Waals surface area contributed by atoms with E-state index in [4.69, 9.17) is 0 Å². The van der Waals surface area contributed by atoms with Crippen LogP contribution in [0.5, 0.6) is 0 Å². The Morgan fingerprint density at radius 1 is 1.05 bits per heavy atom. The van der Waals surface area contributed by atoms with E-state index in [0.29, 0.717) is 18.1 Å². The number of para-hydroxylation sites is 1. The monoisotopic (exact) mass is 262 g/mol. The summed E-state index contributed by atoms with van der Waals surface area (Å²) in [5.74, 6) is 0.323. The summed E-state index contributed by atoms with van der Waals surface area (Å²) < 4.78 is 0. The number of carbonyl (C=O) groups excluding carboxylic acids is 1. The van der Waals surface area contributed by atoms with Crippen LogP contribution in [0.2, 0.25) is 0 Å². The molecule has 2 aromatic heterocycles. The van der Waals surface area contributed by atoms with Crippen LogP contribution in [0.4, 0.5) is 5.95 Å². The lowest BCUT2D eigenvalue weighted by atomic mass is 10.1. The Morgan fingerprint density at radius 2 is 1.85 bits per heavy atom. The molecule has 1 amide bonds. The zero-order valence-corrected chi connectivity index (χ0v) is 10.5. The second-order valence-electron chi connectivity index (χ2n) is 4.62. The molecule has 4 rings (SSSR count). The minimum atomic E-state index is -0.0931. The van der Waals surface area contributed by atoms with Gasteiger partial charge < -0.3 is 0 Å². The Bertz CT molecular complexity index is 816. The van der Waals surface area contributed by atoms with Gasteiger partial charge in [-0.2, -0.15) is 0 Å². The fourth-order valence-corrected chi connectivity index (χ4v) is 2.42. The number of nitrogens with zero attached hydrogens (tertiary/aromatic N) is 4. The van der Waals surface area contributed by atoms with Gasteiger partial charge >= 0.3 is 0 Å². The number of aromatic nitrogens is 3. The first kappa shape index (κ1) is 11.0. The van der Waals surface area contributed by atoms with E-state index in [9.17, 15) is 4.79 Å². The Labute approximate surface area is 114 Å². The van der Waals surface area contributed by atoms with Crippen LogP contribution < -0.4 is 4.90 Å². The third-order valence-corrected chi connectivity index (χ3v) is 3.38. The molecule has 0 saturated carbocycles. The van der Waals surface area contributed by atoms with E-state index >= 15 is 0 Å². The Balaban J connectivity index is 1.84. The van der Waals surface area contributed by atoms with Crippen molar-refractivity contribution in [1.82, 2.24) is 15.0 Å². The molecule has 1 aliphatic heterocycles. The lowest BCUT2D eigenvalue weighted by Gasteiger charge is -2.11. The van der Waals surface area contributed by atoms with Crippen molar-refractivity contribution >= 4 is 22.8 Å². The molecule has 3 aromatic rings. The quantitative estimate of drug-likeness (QED) is 0.674. The van der Waals surface area contributed by atoms with E-state index in [0.717, 1.165) is 16.6 Å². The van der Waals surface area contributed by atoms with Crippen LogP contribution in [-0.4, -0.2) is 20.9 Å². The number of anilines is 1. The van der Waals surface area contributed by atoms with Crippen molar-refractivity contribution < 1.29 is 4.79 Å². The fourth-order valence-electron chi connectivity index (χ4n) is 2.42. The first-order valence-electron chi connectivity index (χ1n) is 6.30. The summed E-state index contributed by atoms with van der Waals surface area (Å²) in [7, 11) is 0. The van der Waals surface area contributed by atoms with Gasteiger partial charge in [-0.05, 0) is 18.2 Å². The van der Waals surface area contributed by atoms with Gasteiger partial charge in [-0.25, -0.2) is 9.97 Å². The van der Waals surface area contributed by atoms with Gasteiger partial charge in [0.05, 0.1) is 23.3 Å². The van der Waals surface area contributed by atoms with Crippen molar-refractivity contribution in [2.45, 2.75) is 6.54 Å². The highest BCUT2D eigenvalue weighted by Crippen LogP contribution is 2.27. The van der Waals surface area contributed by atoms with Gasteiger partial charge in [0.1, 0.15) is 0 Å². The molecule has 5 heteroatoms. The second-order valence-corrected chi connectivity index (χ2v) is 4.62. The van der Waals surface area contributed by atoms with Crippen LogP contribution in [0.1, 0.15) is 16.1 Å². The van der Waals surface area contributed by atoms with Crippen molar-refractivity contribution in [2.75, 3.05) is 4.90 Å². The fraction of sp³-hybridized carbons (Fsp3) is 0.0667. The third kappa shape index (κ3) is 1.56. The Kier molecular flexibility index (Phi) is 2.26. The number of fused-ring (bicyclic) bond motifs is 2. The molecule has 0 fully saturated rings. The molecule has 0 spiro atoms. The van der Waals surface area contributed by atoms with E-state index in [2.05, 4.69) is 15.0 Å². The van der Waals surface area contributed by atoms with Crippen molar-refractivity contribution in [3.05, 3.63) is 60.0 Å². The third-order valence-electron chi connectivity index (χ3n) is 3.38. The molecular weight excluding hydrogens is 252 g/mol. The Morgan fingerprint density at radius 3 is 2.70 bits per heavy atom. The minimum Gasteiger partial charge on any atom is -0.270 e. The van der Waals surface area contributed by atoms with Gasteiger partial charge in [-0.1, -0.05) is 18.2 Å². The van der Waals surface area contributed by atoms with E-state index < -0.39 is 0 Å². The number of benzene rings is 1. The molecule has 0 radical (unpaired) electrons. The van der Waals surface area contributed by atoms with Crippen LogP contribution in [0, 0.1) is 0 Å². The first-order chi connectivity index (χ1) is 9.83. The van der Waals surface area contributed by atoms with Gasteiger partial charge in [0, 0.05) is 17.8 Å². The normalized spacial score (nSPS) is 13.8. The predicted octanol–water partition coefficient (Wildman–Crippen LogP) is 2.19. The van der Waals surface area contributed by atoms with Crippen molar-refractivity contribution in [3.63, 3.8) is 0 Å². The maximum absolute atomic E-state index is 12.4. The average molecular weight is 262 g/mol. The van der Waals surface area contributed by atoms with Crippen molar-refractivity contribution in [3.8, 4) is 0 Å². The van der Waals surface area contributed by atoms with Gasteiger partial charge in [-0.15, -0.1) is 0 Å². The average Bonchev–Trinajstić information content (AvgIpc) is 2.83. The molecular formula is C15H10N4O. The standard InChI is InChI=1S/C15H10N4O/c20-14-11-8-10-4-1-2-5-12(10)18-13(11)9-19(14)15-16-6-3-7-17-15/h1-8H,9H2. The summed E-state index contributed by atoms with van der Waals surface area (Å²) in [5, 5.41) is 0.968. The summed E-state index contributed by atoms with van der Waals surface area (Å²) in [6.07, 6.45) is 3.26. The summed E-state index contributed by atoms with van der Waals surface area (Å²) in [6.45, 7) is 0.420. The molecule has 96 valence electrons. The summed E-state index contributed by atoms with van der Waals surface area (Å²) in [6, 6.07) is 11.4. The van der Waals surface area contributed by atoms with Gasteiger partial charge in [0.25, 0.3) is 5.91 Å². The van der Waals surface area contributed by atoms with E-state index in [-0.39, 0.29) is 5.91 Å². The molecule has 0 N–H and O–H groups in total. The van der Waals surface area contributed by atoms with Gasteiger partial charge in [-0.3, -0.25) is 14.7 Å². The highest BCUT2D eigenvalue weighted by molar-refractivity contribution is 6.10. The van der Waals surface area contributed by atoms with Crippen molar-refractivity contribution in [2.24, 2.45) is 0 Å². The van der Waals surface area contributed by atoms with Crippen LogP contribution in [0.25, 0.3) is 10.9 Å². The molecule has 1 aliphatic rings. The van der Waals surface area contributed by atoms with Gasteiger partial charge in [0.15, 0.2) is 0 Å². The molecule has 3 heterocycles. The summed E-state index contributed by atoms with van der Waals surface area (Å²) in [4.78, 5) is 26.8. The number of hydrogen-bond acceptors (Lipinski definition) is 4. The maximum Gasteiger partial charge on any atom is 0.262 e. The summed E-state index contributed by atoms with van der Waals surface area (Å²) >= 11 is 0. The first-order valence-corrected chi connectivity index (χ1v) is 6.30. The lowest BCUT2D eigenvalue weighted by molar-refractivity contribution is 0.0995. The molecule has 5 nitrogen and oxygen atoms in total. The zero-order valence-electron chi connectivity index (χ0n) is 10.5. The van der Waals surface area contributed by atoms with E-state index in [1.54, 1.807) is 23.4 Å². The molecule has 20 heavy (non-hydrogen) atoms. The number of rotatable bonds is 1. The maximum atomic E-state index is 12.4. The molecule has 0 saturated heterocycles. The number of hydrogen-bond donors (Lipinski definition) is 0. The number of carbonyl (C=O) groups is 1. The van der Waals surface area contributed by atoms with E-state index in [1.807, 2.05) is 30.3 Å². The van der Waals surface area contributed by atoms with Gasteiger partial charge in [0.2, 0.25) is 5.95 Å². The van der Waals surface area contributed by atoms with Crippen LogP contribution in [0.3, 0.4) is 0 Å². The predicted molar refractivity (Wildman–Crippen MR) is 74.3 cm³/mol. The number of amides is 1. The van der Waals surface area contributed by atoms with Crippen LogP contribution in [0.15, 0.2) is 48.8 Å². The van der Waals surface area contributed by atoms with Crippen LogP contribution >= 0.6 is 0 Å². The molecule has 0 atom stereocenters. The van der Waals surface area contributed by atoms with Crippen molar-refractivity contribution in [1.29, 1.82) is 0 Å². The molecule has 1 aromatic carbocycles.